The lowest BCUT2D eigenvalue weighted by Crippen LogP contribution is -2.22. The molecule has 0 N–H and O–H groups in total. The van der Waals surface area contributed by atoms with Crippen LogP contribution in [-0.2, 0) is 9.53 Å². The summed E-state index contributed by atoms with van der Waals surface area (Å²) >= 11 is 0.855. The minimum atomic E-state index is -1.16. The third-order valence-electron chi connectivity index (χ3n) is 3.03. The molecule has 0 saturated carbocycles. The van der Waals surface area contributed by atoms with Crippen LogP contribution in [0.15, 0.2) is 22.1 Å². The first-order valence-corrected chi connectivity index (χ1v) is 8.59. The van der Waals surface area contributed by atoms with E-state index in [1.165, 1.54) is 0 Å². The van der Waals surface area contributed by atoms with Crippen molar-refractivity contribution in [2.24, 2.45) is 11.0 Å². The van der Waals surface area contributed by atoms with Crippen LogP contribution >= 0.6 is 11.8 Å². The molecule has 0 bridgehead atoms. The smallest absolute Gasteiger partial charge is 0.319 e. The molecule has 1 aromatic rings. The normalized spacial score (nSPS) is 11.8. The minimum absolute atomic E-state index is 0.0853. The molecule has 0 heterocycles. The first-order valence-electron chi connectivity index (χ1n) is 7.71. The van der Waals surface area contributed by atoms with Gasteiger partial charge in [-0.2, -0.15) is 0 Å². The van der Waals surface area contributed by atoms with Gasteiger partial charge in [0.25, 0.3) is 5.91 Å². The second-order valence-corrected chi connectivity index (χ2v) is 6.92. The minimum Gasteiger partial charge on any atom is -0.465 e. The van der Waals surface area contributed by atoms with E-state index in [0.29, 0.717) is 18.9 Å². The molecule has 0 aromatic heterocycles. The summed E-state index contributed by atoms with van der Waals surface area (Å²) in [6, 6.07) is 1.48. The van der Waals surface area contributed by atoms with Gasteiger partial charge in [-0.25, -0.2) is 8.78 Å². The van der Waals surface area contributed by atoms with Crippen molar-refractivity contribution < 1.29 is 23.1 Å². The molecule has 1 rings (SSSR count). The topological polar surface area (TPSA) is 92.1 Å². The van der Waals surface area contributed by atoms with Crippen LogP contribution in [0.25, 0.3) is 10.4 Å². The van der Waals surface area contributed by atoms with Gasteiger partial charge >= 0.3 is 5.97 Å². The Morgan fingerprint density at radius 1 is 1.32 bits per heavy atom. The summed E-state index contributed by atoms with van der Waals surface area (Å²) in [6.07, 6.45) is 1.08. The zero-order valence-electron chi connectivity index (χ0n) is 14.2. The van der Waals surface area contributed by atoms with Gasteiger partial charge in [0.05, 0.1) is 12.2 Å². The molecular weight excluding hydrogens is 352 g/mol. The molecule has 0 spiro atoms. The molecule has 1 atom stereocenters. The van der Waals surface area contributed by atoms with E-state index < -0.39 is 34.3 Å². The van der Waals surface area contributed by atoms with Crippen molar-refractivity contribution in [3.05, 3.63) is 39.8 Å². The molecular formula is C16H19F2N3O3S. The van der Waals surface area contributed by atoms with Gasteiger partial charge in [0, 0.05) is 15.9 Å². The monoisotopic (exact) mass is 371 g/mol. The van der Waals surface area contributed by atoms with Crippen molar-refractivity contribution in [3.63, 3.8) is 0 Å². The number of azide groups is 1. The van der Waals surface area contributed by atoms with Gasteiger partial charge < -0.3 is 4.74 Å². The van der Waals surface area contributed by atoms with Gasteiger partial charge in [-0.1, -0.05) is 27.2 Å². The second kappa shape index (κ2) is 10.0. The van der Waals surface area contributed by atoms with Crippen molar-refractivity contribution in [2.45, 2.75) is 43.8 Å². The first kappa shape index (κ1) is 20.9. The third kappa shape index (κ3) is 6.36. The molecule has 1 amide bonds. The van der Waals surface area contributed by atoms with E-state index in [-0.39, 0.29) is 17.4 Å². The number of amides is 1. The quantitative estimate of drug-likeness (QED) is 0.214. The zero-order valence-corrected chi connectivity index (χ0v) is 15.0. The van der Waals surface area contributed by atoms with Crippen LogP contribution in [0, 0.1) is 17.6 Å². The Hall–Kier alpha value is -2.12. The van der Waals surface area contributed by atoms with E-state index in [4.69, 9.17) is 10.3 Å². The predicted molar refractivity (Wildman–Crippen MR) is 90.2 cm³/mol. The van der Waals surface area contributed by atoms with E-state index in [1.807, 2.05) is 20.8 Å². The summed E-state index contributed by atoms with van der Waals surface area (Å²) in [7, 11) is 0. The molecule has 1 aromatic carbocycles. The lowest BCUT2D eigenvalue weighted by molar-refractivity contribution is -0.144. The molecule has 25 heavy (non-hydrogen) atoms. The van der Waals surface area contributed by atoms with Gasteiger partial charge in [0.1, 0.15) is 16.9 Å². The summed E-state index contributed by atoms with van der Waals surface area (Å²) in [5.74, 6) is -3.53. The maximum Gasteiger partial charge on any atom is 0.319 e. The number of halogens is 2. The summed E-state index contributed by atoms with van der Waals surface area (Å²) < 4.78 is 32.9. The van der Waals surface area contributed by atoms with E-state index in [0.717, 1.165) is 17.8 Å². The fraction of sp³-hybridized carbons (Fsp3) is 0.500. The second-order valence-electron chi connectivity index (χ2n) is 5.68. The fourth-order valence-electron chi connectivity index (χ4n) is 1.86. The van der Waals surface area contributed by atoms with Crippen molar-refractivity contribution in [3.8, 4) is 0 Å². The Bertz CT molecular complexity index is 691. The number of esters is 1. The van der Waals surface area contributed by atoms with Gasteiger partial charge in [0.2, 0.25) is 0 Å². The van der Waals surface area contributed by atoms with Gasteiger partial charge in [-0.05, 0) is 29.1 Å². The van der Waals surface area contributed by atoms with Crippen molar-refractivity contribution >= 4 is 23.6 Å². The van der Waals surface area contributed by atoms with Gasteiger partial charge in [-0.15, -0.1) is 11.8 Å². The average molecular weight is 371 g/mol. The summed E-state index contributed by atoms with van der Waals surface area (Å²) in [6.45, 7) is 5.89. The Morgan fingerprint density at radius 2 is 2.00 bits per heavy atom. The SMILES string of the molecule is CCCC(Sc1cc(C(=O)N=[N+]=[N-])c(F)cc1F)C(=O)OCC(C)C. The number of carbonyl (C=O) groups is 2. The molecule has 0 aliphatic heterocycles. The highest BCUT2D eigenvalue weighted by atomic mass is 32.2. The number of rotatable bonds is 8. The standard InChI is InChI=1S/C16H19F2N3O3S/c1-4-5-13(16(23)24-8-9(2)3)25-14-6-10(15(22)20-21-19)11(17)7-12(14)18/h6-7,9,13H,4-5,8H2,1-3H3. The third-order valence-corrected chi connectivity index (χ3v) is 4.31. The maximum absolute atomic E-state index is 14.0. The van der Waals surface area contributed by atoms with Crippen LogP contribution in [0.1, 0.15) is 44.0 Å². The van der Waals surface area contributed by atoms with E-state index in [9.17, 15) is 18.4 Å². The van der Waals surface area contributed by atoms with Crippen LogP contribution in [-0.4, -0.2) is 23.7 Å². The van der Waals surface area contributed by atoms with Crippen LogP contribution in [0.3, 0.4) is 0 Å². The molecule has 0 saturated heterocycles. The number of thioether (sulfide) groups is 1. The Labute approximate surface area is 148 Å². The van der Waals surface area contributed by atoms with Crippen molar-refractivity contribution in [1.29, 1.82) is 0 Å². The highest BCUT2D eigenvalue weighted by Crippen LogP contribution is 2.31. The molecule has 0 fully saturated rings. The van der Waals surface area contributed by atoms with Crippen LogP contribution in [0.4, 0.5) is 8.78 Å². The number of hydrogen-bond donors (Lipinski definition) is 0. The molecule has 136 valence electrons. The highest BCUT2D eigenvalue weighted by molar-refractivity contribution is 8.00. The Balaban J connectivity index is 3.07. The number of nitrogens with zero attached hydrogens (tertiary/aromatic N) is 3. The van der Waals surface area contributed by atoms with E-state index in [1.54, 1.807) is 0 Å². The summed E-state index contributed by atoms with van der Waals surface area (Å²) in [5, 5.41) is 2.12. The van der Waals surface area contributed by atoms with Crippen LogP contribution in [0.2, 0.25) is 0 Å². The van der Waals surface area contributed by atoms with Gasteiger partial charge in [0.15, 0.2) is 0 Å². The summed E-state index contributed by atoms with van der Waals surface area (Å²) in [5.41, 5.74) is 7.73. The largest absolute Gasteiger partial charge is 0.465 e. The zero-order chi connectivity index (χ0) is 19.0. The Kier molecular flexibility index (Phi) is 8.37. The molecule has 0 aliphatic carbocycles. The average Bonchev–Trinajstić information content (AvgIpc) is 2.54. The highest BCUT2D eigenvalue weighted by Gasteiger charge is 2.24. The molecule has 1 unspecified atom stereocenters. The van der Waals surface area contributed by atoms with Crippen molar-refractivity contribution in [1.82, 2.24) is 0 Å². The first-order chi connectivity index (χ1) is 11.8. The Morgan fingerprint density at radius 3 is 2.56 bits per heavy atom. The summed E-state index contributed by atoms with van der Waals surface area (Å²) in [4.78, 5) is 25.9. The molecule has 9 heteroatoms. The van der Waals surface area contributed by atoms with Gasteiger partial charge in [-0.3, -0.25) is 9.59 Å². The fourth-order valence-corrected chi connectivity index (χ4v) is 3.04. The van der Waals surface area contributed by atoms with Crippen LogP contribution in [0.5, 0.6) is 0 Å². The lowest BCUT2D eigenvalue weighted by atomic mass is 10.2. The lowest BCUT2D eigenvalue weighted by Gasteiger charge is -2.17. The van der Waals surface area contributed by atoms with E-state index in [2.05, 4.69) is 10.0 Å². The van der Waals surface area contributed by atoms with Crippen LogP contribution < -0.4 is 0 Å². The number of ether oxygens (including phenoxy) is 1. The number of hydrogen-bond acceptors (Lipinski definition) is 4. The maximum atomic E-state index is 14.0. The molecule has 0 radical (unpaired) electrons. The molecule has 6 nitrogen and oxygen atoms in total. The number of carbonyl (C=O) groups excluding carboxylic acids is 2. The molecule has 0 aliphatic rings. The van der Waals surface area contributed by atoms with Crippen molar-refractivity contribution in [2.75, 3.05) is 6.61 Å². The predicted octanol–water partition coefficient (Wildman–Crippen LogP) is 4.88. The number of benzene rings is 1. The van der Waals surface area contributed by atoms with E-state index >= 15 is 0 Å².